The molecule has 0 aromatic heterocycles. The molecule has 2 fully saturated rings. The average Bonchev–Trinajstić information content (AvgIpc) is 3.16. The van der Waals surface area contributed by atoms with Crippen molar-refractivity contribution in [3.8, 4) is 0 Å². The van der Waals surface area contributed by atoms with Crippen LogP contribution in [0.4, 0.5) is 5.69 Å². The van der Waals surface area contributed by atoms with Gasteiger partial charge in [0.25, 0.3) is 0 Å². The van der Waals surface area contributed by atoms with Gasteiger partial charge in [-0.25, -0.2) is 8.42 Å². The number of rotatable bonds is 6. The van der Waals surface area contributed by atoms with Crippen LogP contribution in [0.5, 0.6) is 0 Å². The van der Waals surface area contributed by atoms with Gasteiger partial charge in [0.15, 0.2) is 0 Å². The standard InChI is InChI=1S/C19H29N3O3S/c1-15-5-7-17(21-19(23)8-6-16-9-10-20-14-16)13-18(15)26(24,25)22-11-3-2-4-12-22/h5,7,13,16,20H,2-4,6,8-12,14H2,1H3,(H,21,23). The van der Waals surface area contributed by atoms with E-state index in [1.165, 1.54) is 0 Å². The Hall–Kier alpha value is -1.44. The predicted molar refractivity (Wildman–Crippen MR) is 103 cm³/mol. The number of sulfonamides is 1. The molecular weight excluding hydrogens is 350 g/mol. The van der Waals surface area contributed by atoms with Crippen LogP contribution in [0.2, 0.25) is 0 Å². The van der Waals surface area contributed by atoms with Crippen LogP contribution in [-0.4, -0.2) is 44.8 Å². The van der Waals surface area contributed by atoms with E-state index in [9.17, 15) is 13.2 Å². The number of aryl methyl sites for hydroxylation is 1. The zero-order chi connectivity index (χ0) is 18.6. The van der Waals surface area contributed by atoms with Crippen LogP contribution in [0.3, 0.4) is 0 Å². The quantitative estimate of drug-likeness (QED) is 0.796. The normalized spacial score (nSPS) is 21.7. The lowest BCUT2D eigenvalue weighted by atomic mass is 10.0. The Balaban J connectivity index is 1.67. The van der Waals surface area contributed by atoms with Gasteiger partial charge < -0.3 is 10.6 Å². The highest BCUT2D eigenvalue weighted by Crippen LogP contribution is 2.26. The SMILES string of the molecule is Cc1ccc(NC(=O)CCC2CCNC2)cc1S(=O)(=O)N1CCCCC1. The zero-order valence-corrected chi connectivity index (χ0v) is 16.3. The third-order valence-corrected chi connectivity index (χ3v) is 7.39. The number of piperidine rings is 1. The van der Waals surface area contributed by atoms with Gasteiger partial charge in [0.1, 0.15) is 0 Å². The number of carbonyl (C=O) groups is 1. The minimum absolute atomic E-state index is 0.0536. The summed E-state index contributed by atoms with van der Waals surface area (Å²) in [6.45, 7) is 4.97. The Labute approximate surface area is 156 Å². The number of nitrogens with zero attached hydrogens (tertiary/aromatic N) is 1. The molecule has 26 heavy (non-hydrogen) atoms. The van der Waals surface area contributed by atoms with Crippen LogP contribution < -0.4 is 10.6 Å². The van der Waals surface area contributed by atoms with Gasteiger partial charge in [0.05, 0.1) is 4.90 Å². The fourth-order valence-corrected chi connectivity index (χ4v) is 5.49. The fraction of sp³-hybridized carbons (Fsp3) is 0.632. The van der Waals surface area contributed by atoms with Crippen LogP contribution in [0.1, 0.15) is 44.1 Å². The van der Waals surface area contributed by atoms with Crippen LogP contribution in [-0.2, 0) is 14.8 Å². The molecule has 144 valence electrons. The molecule has 7 heteroatoms. The topological polar surface area (TPSA) is 78.5 Å². The van der Waals surface area contributed by atoms with Gasteiger partial charge in [-0.15, -0.1) is 0 Å². The molecule has 1 amide bonds. The summed E-state index contributed by atoms with van der Waals surface area (Å²) in [5.41, 5.74) is 1.27. The van der Waals surface area contributed by atoms with Crippen molar-refractivity contribution < 1.29 is 13.2 Å². The molecule has 1 atom stereocenters. The van der Waals surface area contributed by atoms with E-state index in [0.29, 0.717) is 41.6 Å². The minimum Gasteiger partial charge on any atom is -0.326 e. The third-order valence-electron chi connectivity index (χ3n) is 5.35. The molecule has 6 nitrogen and oxygen atoms in total. The van der Waals surface area contributed by atoms with E-state index in [4.69, 9.17) is 0 Å². The molecule has 2 aliphatic heterocycles. The van der Waals surface area contributed by atoms with E-state index in [-0.39, 0.29) is 5.91 Å². The molecule has 1 aromatic rings. The summed E-state index contributed by atoms with van der Waals surface area (Å²) in [5, 5.41) is 6.17. The molecular formula is C19H29N3O3S. The van der Waals surface area contributed by atoms with Crippen molar-refractivity contribution in [1.29, 1.82) is 0 Å². The molecule has 0 aliphatic carbocycles. The molecule has 2 heterocycles. The Morgan fingerprint density at radius 2 is 2.04 bits per heavy atom. The zero-order valence-electron chi connectivity index (χ0n) is 15.5. The van der Waals surface area contributed by atoms with Gasteiger partial charge in [0.2, 0.25) is 15.9 Å². The lowest BCUT2D eigenvalue weighted by molar-refractivity contribution is -0.116. The maximum Gasteiger partial charge on any atom is 0.243 e. The van der Waals surface area contributed by atoms with E-state index < -0.39 is 10.0 Å². The maximum atomic E-state index is 13.0. The summed E-state index contributed by atoms with van der Waals surface area (Å²) in [6.07, 6.45) is 5.35. The van der Waals surface area contributed by atoms with Gasteiger partial charge in [-0.3, -0.25) is 4.79 Å². The maximum absolute atomic E-state index is 13.0. The van der Waals surface area contributed by atoms with Gasteiger partial charge in [-0.2, -0.15) is 4.31 Å². The van der Waals surface area contributed by atoms with Crippen molar-refractivity contribution in [1.82, 2.24) is 9.62 Å². The molecule has 2 saturated heterocycles. The first kappa shape index (κ1) is 19.3. The van der Waals surface area contributed by atoms with E-state index in [1.807, 2.05) is 0 Å². The number of benzene rings is 1. The van der Waals surface area contributed by atoms with Crippen molar-refractivity contribution in [3.05, 3.63) is 23.8 Å². The first-order chi connectivity index (χ1) is 12.5. The molecule has 1 unspecified atom stereocenters. The second-order valence-corrected chi connectivity index (χ2v) is 9.30. The van der Waals surface area contributed by atoms with Crippen molar-refractivity contribution in [2.24, 2.45) is 5.92 Å². The number of amides is 1. The van der Waals surface area contributed by atoms with Crippen molar-refractivity contribution in [2.45, 2.75) is 50.3 Å². The summed E-state index contributed by atoms with van der Waals surface area (Å²) >= 11 is 0. The van der Waals surface area contributed by atoms with Crippen LogP contribution in [0.15, 0.2) is 23.1 Å². The van der Waals surface area contributed by atoms with Crippen LogP contribution in [0.25, 0.3) is 0 Å². The van der Waals surface area contributed by atoms with Gasteiger partial charge in [-0.05, 0) is 69.3 Å². The Morgan fingerprint density at radius 1 is 1.27 bits per heavy atom. The van der Waals surface area contributed by atoms with E-state index in [2.05, 4.69) is 10.6 Å². The van der Waals surface area contributed by atoms with Crippen molar-refractivity contribution >= 4 is 21.6 Å². The van der Waals surface area contributed by atoms with E-state index >= 15 is 0 Å². The average molecular weight is 380 g/mol. The smallest absolute Gasteiger partial charge is 0.243 e. The largest absolute Gasteiger partial charge is 0.326 e. The Bertz CT molecular complexity index is 736. The van der Waals surface area contributed by atoms with Crippen molar-refractivity contribution in [3.63, 3.8) is 0 Å². The fourth-order valence-electron chi connectivity index (χ4n) is 3.72. The third kappa shape index (κ3) is 4.64. The molecule has 0 bridgehead atoms. The number of nitrogens with one attached hydrogen (secondary N) is 2. The molecule has 0 saturated carbocycles. The number of anilines is 1. The van der Waals surface area contributed by atoms with Gasteiger partial charge >= 0.3 is 0 Å². The lowest BCUT2D eigenvalue weighted by Crippen LogP contribution is -2.36. The lowest BCUT2D eigenvalue weighted by Gasteiger charge is -2.26. The monoisotopic (exact) mass is 379 g/mol. The van der Waals surface area contributed by atoms with E-state index in [1.54, 1.807) is 29.4 Å². The number of hydrogen-bond acceptors (Lipinski definition) is 4. The minimum atomic E-state index is -3.50. The van der Waals surface area contributed by atoms with Crippen LogP contribution in [0, 0.1) is 12.8 Å². The highest BCUT2D eigenvalue weighted by Gasteiger charge is 2.27. The predicted octanol–water partition coefficient (Wildman–Crippen LogP) is 2.50. The van der Waals surface area contributed by atoms with Gasteiger partial charge in [0, 0.05) is 25.2 Å². The molecule has 0 radical (unpaired) electrons. The summed E-state index contributed by atoms with van der Waals surface area (Å²) < 4.78 is 27.5. The Morgan fingerprint density at radius 3 is 2.73 bits per heavy atom. The highest BCUT2D eigenvalue weighted by atomic mass is 32.2. The number of hydrogen-bond donors (Lipinski definition) is 2. The van der Waals surface area contributed by atoms with Crippen LogP contribution >= 0.6 is 0 Å². The Kier molecular flexibility index (Phi) is 6.32. The van der Waals surface area contributed by atoms with Crippen molar-refractivity contribution in [2.75, 3.05) is 31.5 Å². The first-order valence-electron chi connectivity index (χ1n) is 9.58. The molecule has 1 aromatic carbocycles. The second kappa shape index (κ2) is 8.50. The highest BCUT2D eigenvalue weighted by molar-refractivity contribution is 7.89. The molecule has 2 N–H and O–H groups in total. The molecule has 3 rings (SSSR count). The summed E-state index contributed by atoms with van der Waals surface area (Å²) in [5.74, 6) is 0.510. The van der Waals surface area contributed by atoms with Gasteiger partial charge in [-0.1, -0.05) is 12.5 Å². The summed E-state index contributed by atoms with van der Waals surface area (Å²) in [6, 6.07) is 5.15. The molecule has 2 aliphatic rings. The number of carbonyl (C=O) groups excluding carboxylic acids is 1. The first-order valence-corrected chi connectivity index (χ1v) is 11.0. The summed E-state index contributed by atoms with van der Waals surface area (Å²) in [7, 11) is -3.50. The second-order valence-electron chi connectivity index (χ2n) is 7.39. The van der Waals surface area contributed by atoms with E-state index in [0.717, 1.165) is 45.2 Å². The molecule has 0 spiro atoms. The summed E-state index contributed by atoms with van der Waals surface area (Å²) in [4.78, 5) is 12.5.